The average molecular weight is 181 g/mol. The van der Waals surface area contributed by atoms with Gasteiger partial charge in [-0.05, 0) is 12.5 Å². The summed E-state index contributed by atoms with van der Waals surface area (Å²) in [6.07, 6.45) is 3.53. The molecule has 0 aliphatic carbocycles. The van der Waals surface area contributed by atoms with Crippen molar-refractivity contribution in [2.45, 2.75) is 13.3 Å². The Morgan fingerprint density at radius 2 is 2.46 bits per heavy atom. The summed E-state index contributed by atoms with van der Waals surface area (Å²) < 4.78 is 0. The van der Waals surface area contributed by atoms with Crippen LogP contribution in [0.2, 0.25) is 0 Å². The maximum atomic E-state index is 10.6. The summed E-state index contributed by atoms with van der Waals surface area (Å²) in [7, 11) is 1.68. The highest BCUT2D eigenvalue weighted by molar-refractivity contribution is 5.91. The number of aromatic nitrogens is 3. The van der Waals surface area contributed by atoms with Gasteiger partial charge >= 0.3 is 5.97 Å². The van der Waals surface area contributed by atoms with Crippen LogP contribution in [-0.4, -0.2) is 26.1 Å². The molecule has 0 radical (unpaired) electrons. The molecule has 0 fully saturated rings. The fraction of sp³-hybridized carbons (Fsp3) is 0.375. The molecule has 5 nitrogen and oxygen atoms in total. The Labute approximate surface area is 75.7 Å². The van der Waals surface area contributed by atoms with Crippen molar-refractivity contribution in [3.8, 4) is 0 Å². The Morgan fingerprint density at radius 1 is 1.77 bits per heavy atom. The van der Waals surface area contributed by atoms with Gasteiger partial charge in [0.1, 0.15) is 5.69 Å². The molecule has 0 saturated carbocycles. The average Bonchev–Trinajstić information content (AvgIpc) is 2.46. The summed E-state index contributed by atoms with van der Waals surface area (Å²) in [6.45, 7) is 1.79. The van der Waals surface area contributed by atoms with E-state index < -0.39 is 5.97 Å². The molecule has 1 N–H and O–H groups in total. The van der Waals surface area contributed by atoms with Crippen LogP contribution in [0.15, 0.2) is 11.8 Å². The second kappa shape index (κ2) is 3.84. The van der Waals surface area contributed by atoms with Crippen molar-refractivity contribution in [3.05, 3.63) is 17.5 Å². The number of carboxylic acid groups (broad SMARTS) is 1. The highest BCUT2D eigenvalue weighted by Crippen LogP contribution is 2.06. The van der Waals surface area contributed by atoms with E-state index in [-0.39, 0.29) is 0 Å². The summed E-state index contributed by atoms with van der Waals surface area (Å²) in [6, 6.07) is 0. The smallest absolute Gasteiger partial charge is 0.331 e. The molecule has 0 aromatic carbocycles. The first-order valence-electron chi connectivity index (χ1n) is 3.93. The predicted molar refractivity (Wildman–Crippen MR) is 46.9 cm³/mol. The Bertz CT molecular complexity index is 341. The minimum atomic E-state index is -0.909. The fourth-order valence-electron chi connectivity index (χ4n) is 0.921. The summed E-state index contributed by atoms with van der Waals surface area (Å²) >= 11 is 0. The molecule has 0 saturated heterocycles. The number of aryl methyl sites for hydroxylation is 1. The number of carboxylic acids is 1. The minimum Gasteiger partial charge on any atom is -0.478 e. The van der Waals surface area contributed by atoms with E-state index in [1.54, 1.807) is 14.0 Å². The Hall–Kier alpha value is -1.65. The summed E-state index contributed by atoms with van der Waals surface area (Å²) in [5.74, 6) is -0.909. The van der Waals surface area contributed by atoms with Crippen LogP contribution in [-0.2, 0) is 11.8 Å². The second-order valence-corrected chi connectivity index (χ2v) is 2.59. The molecule has 1 heterocycles. The Morgan fingerprint density at radius 3 is 2.85 bits per heavy atom. The van der Waals surface area contributed by atoms with E-state index in [0.29, 0.717) is 17.7 Å². The minimum absolute atomic E-state index is 0.334. The number of carbonyl (C=O) groups is 1. The lowest BCUT2D eigenvalue weighted by Crippen LogP contribution is -1.99. The maximum absolute atomic E-state index is 10.6. The van der Waals surface area contributed by atoms with Crippen LogP contribution in [0, 0.1) is 0 Å². The lowest BCUT2D eigenvalue weighted by Gasteiger charge is -1.93. The van der Waals surface area contributed by atoms with Crippen LogP contribution in [0.25, 0.3) is 6.08 Å². The molecular weight excluding hydrogens is 170 g/mol. The van der Waals surface area contributed by atoms with Crippen molar-refractivity contribution in [2.75, 3.05) is 0 Å². The van der Waals surface area contributed by atoms with Gasteiger partial charge in [-0.15, -0.1) is 0 Å². The van der Waals surface area contributed by atoms with Gasteiger partial charge in [0.2, 0.25) is 0 Å². The molecule has 1 rings (SSSR count). The lowest BCUT2D eigenvalue weighted by molar-refractivity contribution is -0.132. The van der Waals surface area contributed by atoms with Crippen molar-refractivity contribution >= 4 is 12.0 Å². The van der Waals surface area contributed by atoms with Gasteiger partial charge in [-0.3, -0.25) is 0 Å². The van der Waals surface area contributed by atoms with E-state index in [1.807, 2.05) is 0 Å². The molecule has 0 atom stereocenters. The summed E-state index contributed by atoms with van der Waals surface area (Å²) in [5, 5.41) is 16.5. The second-order valence-electron chi connectivity index (χ2n) is 2.59. The van der Waals surface area contributed by atoms with E-state index in [1.165, 1.54) is 17.1 Å². The van der Waals surface area contributed by atoms with Crippen LogP contribution in [0.1, 0.15) is 19.0 Å². The number of hydrogen-bond donors (Lipinski definition) is 1. The monoisotopic (exact) mass is 181 g/mol. The summed E-state index contributed by atoms with van der Waals surface area (Å²) in [5.41, 5.74) is 0.905. The molecule has 0 amide bonds. The highest BCUT2D eigenvalue weighted by Gasteiger charge is 2.05. The largest absolute Gasteiger partial charge is 0.478 e. The zero-order valence-corrected chi connectivity index (χ0v) is 7.56. The molecule has 1 aromatic heterocycles. The van der Waals surface area contributed by atoms with E-state index in [0.717, 1.165) is 0 Å². The summed E-state index contributed by atoms with van der Waals surface area (Å²) in [4.78, 5) is 12.0. The quantitative estimate of drug-likeness (QED) is 0.697. The third-order valence-corrected chi connectivity index (χ3v) is 1.60. The topological polar surface area (TPSA) is 68.0 Å². The predicted octanol–water partition coefficient (Wildman–Crippen LogP) is 0.693. The number of nitrogens with zero attached hydrogens (tertiary/aromatic N) is 3. The van der Waals surface area contributed by atoms with Gasteiger partial charge < -0.3 is 5.11 Å². The van der Waals surface area contributed by atoms with Crippen molar-refractivity contribution in [1.82, 2.24) is 15.0 Å². The molecule has 1 aromatic rings. The molecule has 0 spiro atoms. The van der Waals surface area contributed by atoms with Gasteiger partial charge in [0.05, 0.1) is 6.20 Å². The van der Waals surface area contributed by atoms with Crippen LogP contribution in [0.5, 0.6) is 0 Å². The van der Waals surface area contributed by atoms with Gasteiger partial charge in [0, 0.05) is 12.6 Å². The van der Waals surface area contributed by atoms with Crippen LogP contribution in [0.3, 0.4) is 0 Å². The normalized spacial score (nSPS) is 11.7. The Kier molecular flexibility index (Phi) is 2.79. The van der Waals surface area contributed by atoms with Gasteiger partial charge in [0.25, 0.3) is 0 Å². The molecule has 0 aliphatic heterocycles. The van der Waals surface area contributed by atoms with Gasteiger partial charge in [-0.2, -0.15) is 15.0 Å². The maximum Gasteiger partial charge on any atom is 0.331 e. The lowest BCUT2D eigenvalue weighted by atomic mass is 10.2. The van der Waals surface area contributed by atoms with Gasteiger partial charge in [-0.25, -0.2) is 4.79 Å². The zero-order valence-electron chi connectivity index (χ0n) is 7.56. The van der Waals surface area contributed by atoms with E-state index >= 15 is 0 Å². The fourth-order valence-corrected chi connectivity index (χ4v) is 0.921. The standard InChI is InChI=1S/C8H11N3O2/c1-3-6(8(12)13)4-7-5-9-11(2)10-7/h4-5H,3H2,1-2H3,(H,12,13)/b6-4+. The van der Waals surface area contributed by atoms with Crippen molar-refractivity contribution in [1.29, 1.82) is 0 Å². The van der Waals surface area contributed by atoms with Gasteiger partial charge in [-0.1, -0.05) is 6.92 Å². The van der Waals surface area contributed by atoms with Crippen molar-refractivity contribution in [2.24, 2.45) is 7.05 Å². The van der Waals surface area contributed by atoms with Crippen LogP contribution in [0.4, 0.5) is 0 Å². The SMILES string of the molecule is CC/C(=C\c1cnn(C)n1)C(=O)O. The molecule has 0 bridgehead atoms. The number of aliphatic carboxylic acids is 1. The Balaban J connectivity index is 2.91. The molecular formula is C8H11N3O2. The molecule has 0 aliphatic rings. The third kappa shape index (κ3) is 2.40. The molecule has 70 valence electrons. The first-order valence-corrected chi connectivity index (χ1v) is 3.93. The van der Waals surface area contributed by atoms with Crippen molar-refractivity contribution < 1.29 is 9.90 Å². The van der Waals surface area contributed by atoms with E-state index in [4.69, 9.17) is 5.11 Å². The van der Waals surface area contributed by atoms with E-state index in [9.17, 15) is 4.79 Å². The molecule has 0 unspecified atom stereocenters. The van der Waals surface area contributed by atoms with Crippen molar-refractivity contribution in [3.63, 3.8) is 0 Å². The van der Waals surface area contributed by atoms with Crippen LogP contribution >= 0.6 is 0 Å². The first kappa shape index (κ1) is 9.44. The molecule has 5 heteroatoms. The zero-order chi connectivity index (χ0) is 9.84. The number of rotatable bonds is 3. The first-order chi connectivity index (χ1) is 6.13. The third-order valence-electron chi connectivity index (χ3n) is 1.60. The van der Waals surface area contributed by atoms with Gasteiger partial charge in [0.15, 0.2) is 0 Å². The van der Waals surface area contributed by atoms with Crippen LogP contribution < -0.4 is 0 Å². The van der Waals surface area contributed by atoms with E-state index in [2.05, 4.69) is 10.2 Å². The highest BCUT2D eigenvalue weighted by atomic mass is 16.4. The number of hydrogen-bond acceptors (Lipinski definition) is 3. The molecule has 13 heavy (non-hydrogen) atoms.